The Bertz CT molecular complexity index is 904. The molecule has 1 aliphatic rings. The van der Waals surface area contributed by atoms with Crippen molar-refractivity contribution in [2.75, 3.05) is 6.54 Å². The molecule has 1 atom stereocenters. The first-order valence-corrected chi connectivity index (χ1v) is 10.1. The van der Waals surface area contributed by atoms with Crippen molar-refractivity contribution >= 4 is 16.8 Å². The molecule has 1 saturated carbocycles. The number of hydrogen-bond donors (Lipinski definition) is 2. The predicted molar refractivity (Wildman–Crippen MR) is 105 cm³/mol. The Labute approximate surface area is 176 Å². The molecule has 0 bridgehead atoms. The van der Waals surface area contributed by atoms with Crippen molar-refractivity contribution < 1.29 is 31.5 Å². The summed E-state index contributed by atoms with van der Waals surface area (Å²) in [6, 6.07) is 2.60. The van der Waals surface area contributed by atoms with Crippen molar-refractivity contribution in [2.45, 2.75) is 57.7 Å². The summed E-state index contributed by atoms with van der Waals surface area (Å²) in [6.07, 6.45) is 1.96. The topological polar surface area (TPSA) is 63.2 Å². The minimum atomic E-state index is -3.16. The number of benzene rings is 1. The Balaban J connectivity index is 1.56. The number of carbonyl (C=O) groups excluding carboxylic acids is 1. The lowest BCUT2D eigenvalue weighted by Gasteiger charge is -2.30. The number of aromatic nitrogens is 1. The number of fused-ring (bicyclic) bond motifs is 1. The molecule has 0 saturated heterocycles. The average Bonchev–Trinajstić information content (AvgIpc) is 2.72. The summed E-state index contributed by atoms with van der Waals surface area (Å²) in [6.45, 7) is -1.19. The molecule has 0 spiro atoms. The predicted octanol–water partition coefficient (Wildman–Crippen LogP) is 4.51. The van der Waals surface area contributed by atoms with E-state index in [9.17, 15) is 26.7 Å². The number of nitrogens with one attached hydrogen (secondary N) is 2. The van der Waals surface area contributed by atoms with Gasteiger partial charge in [0, 0.05) is 23.7 Å². The van der Waals surface area contributed by atoms with Crippen molar-refractivity contribution in [2.24, 2.45) is 5.92 Å². The molecule has 1 amide bonds. The lowest BCUT2D eigenvalue weighted by molar-refractivity contribution is -0.0520. The van der Waals surface area contributed by atoms with Crippen LogP contribution in [0.4, 0.5) is 22.0 Å². The first-order valence-electron chi connectivity index (χ1n) is 10.1. The van der Waals surface area contributed by atoms with Crippen LogP contribution in [0.25, 0.3) is 10.9 Å². The van der Waals surface area contributed by atoms with E-state index in [0.29, 0.717) is 6.54 Å². The van der Waals surface area contributed by atoms with Gasteiger partial charge in [0.2, 0.25) is 0 Å². The van der Waals surface area contributed by atoms with E-state index in [2.05, 4.69) is 20.4 Å². The molecule has 0 aliphatic heterocycles. The number of rotatable bonds is 8. The lowest BCUT2D eigenvalue weighted by Crippen LogP contribution is -2.41. The molecule has 2 N–H and O–H groups in total. The van der Waals surface area contributed by atoms with E-state index in [1.807, 2.05) is 0 Å². The fourth-order valence-electron chi connectivity index (χ4n) is 3.66. The van der Waals surface area contributed by atoms with Gasteiger partial charge < -0.3 is 15.4 Å². The molecule has 1 fully saturated rings. The fourth-order valence-corrected chi connectivity index (χ4v) is 3.66. The van der Waals surface area contributed by atoms with Gasteiger partial charge in [0.05, 0.1) is 17.1 Å². The SMILES string of the molecule is C[C@H](NC[C@H]1CC[C@H](NC(=O)c2cnc3cc(OC(F)F)c(F)cc3c2)CC1)C(F)F. The van der Waals surface area contributed by atoms with Crippen LogP contribution < -0.4 is 15.4 Å². The summed E-state index contributed by atoms with van der Waals surface area (Å²) < 4.78 is 67.9. The Hall–Kier alpha value is -2.49. The van der Waals surface area contributed by atoms with E-state index in [-0.39, 0.29) is 34.3 Å². The summed E-state index contributed by atoms with van der Waals surface area (Å²) in [4.78, 5) is 16.6. The number of pyridine rings is 1. The highest BCUT2D eigenvalue weighted by molar-refractivity contribution is 5.97. The standard InChI is InChI=1S/C21H24F5N3O2/c1-11(19(23)24)27-9-12-2-4-15(5-3-12)29-20(30)14-6-13-7-16(22)18(31-21(25)26)8-17(13)28-10-14/h6-8,10-12,15,19,21,27H,2-5,9H2,1H3,(H,29,30)/t11-,12-,15-/m0/s1. The molecule has 0 radical (unpaired) electrons. The molecule has 1 heterocycles. The summed E-state index contributed by atoms with van der Waals surface area (Å²) in [5.74, 6) is -1.67. The molecule has 5 nitrogen and oxygen atoms in total. The second kappa shape index (κ2) is 10.2. The van der Waals surface area contributed by atoms with Crippen LogP contribution in [-0.4, -0.2) is 42.6 Å². The quantitative estimate of drug-likeness (QED) is 0.587. The molecule has 0 unspecified atom stereocenters. The molecular weight excluding hydrogens is 421 g/mol. The van der Waals surface area contributed by atoms with E-state index < -0.39 is 30.6 Å². The number of halogens is 5. The van der Waals surface area contributed by atoms with Gasteiger partial charge in [0.1, 0.15) is 0 Å². The Kier molecular flexibility index (Phi) is 7.64. The maximum Gasteiger partial charge on any atom is 0.387 e. The summed E-state index contributed by atoms with van der Waals surface area (Å²) in [7, 11) is 0. The van der Waals surface area contributed by atoms with E-state index in [1.54, 1.807) is 0 Å². The lowest BCUT2D eigenvalue weighted by atomic mass is 9.85. The number of carbonyl (C=O) groups is 1. The van der Waals surface area contributed by atoms with Crippen molar-refractivity contribution in [3.05, 3.63) is 35.8 Å². The molecule has 170 valence electrons. The third-order valence-electron chi connectivity index (χ3n) is 5.50. The number of hydrogen-bond acceptors (Lipinski definition) is 4. The van der Waals surface area contributed by atoms with Crippen LogP contribution in [-0.2, 0) is 0 Å². The average molecular weight is 445 g/mol. The zero-order chi connectivity index (χ0) is 22.5. The van der Waals surface area contributed by atoms with E-state index in [1.165, 1.54) is 19.2 Å². The largest absolute Gasteiger partial charge is 0.432 e. The second-order valence-electron chi connectivity index (χ2n) is 7.80. The first kappa shape index (κ1) is 23.2. The van der Waals surface area contributed by atoms with Crippen LogP contribution in [0.5, 0.6) is 5.75 Å². The van der Waals surface area contributed by atoms with E-state index in [4.69, 9.17) is 0 Å². The van der Waals surface area contributed by atoms with Gasteiger partial charge in [-0.15, -0.1) is 0 Å². The molecule has 2 aromatic rings. The zero-order valence-corrected chi connectivity index (χ0v) is 16.9. The molecule has 10 heteroatoms. The maximum atomic E-state index is 13.9. The van der Waals surface area contributed by atoms with Gasteiger partial charge >= 0.3 is 6.61 Å². The summed E-state index contributed by atoms with van der Waals surface area (Å²) in [5.41, 5.74) is 0.448. The highest BCUT2D eigenvalue weighted by Gasteiger charge is 2.24. The van der Waals surface area contributed by atoms with Gasteiger partial charge in [0.25, 0.3) is 12.3 Å². The number of alkyl halides is 4. The fraction of sp³-hybridized carbons (Fsp3) is 0.524. The van der Waals surface area contributed by atoms with Gasteiger partial charge in [-0.05, 0) is 57.2 Å². The number of nitrogens with zero attached hydrogens (tertiary/aromatic N) is 1. The Morgan fingerprint density at radius 3 is 2.52 bits per heavy atom. The normalized spacial score (nSPS) is 20.3. The zero-order valence-electron chi connectivity index (χ0n) is 16.9. The Morgan fingerprint density at radius 1 is 1.16 bits per heavy atom. The smallest absolute Gasteiger partial charge is 0.387 e. The highest BCUT2D eigenvalue weighted by Crippen LogP contribution is 2.27. The van der Waals surface area contributed by atoms with Crippen LogP contribution in [0, 0.1) is 11.7 Å². The highest BCUT2D eigenvalue weighted by atomic mass is 19.3. The third kappa shape index (κ3) is 6.25. The van der Waals surface area contributed by atoms with E-state index in [0.717, 1.165) is 37.8 Å². The van der Waals surface area contributed by atoms with Gasteiger partial charge in [-0.1, -0.05) is 0 Å². The summed E-state index contributed by atoms with van der Waals surface area (Å²) >= 11 is 0. The second-order valence-corrected chi connectivity index (χ2v) is 7.80. The minimum Gasteiger partial charge on any atom is -0.432 e. The van der Waals surface area contributed by atoms with Crippen LogP contribution >= 0.6 is 0 Å². The van der Waals surface area contributed by atoms with Crippen molar-refractivity contribution in [3.8, 4) is 5.75 Å². The first-order chi connectivity index (χ1) is 14.7. The van der Waals surface area contributed by atoms with E-state index >= 15 is 0 Å². The van der Waals surface area contributed by atoms with Crippen LogP contribution in [0.15, 0.2) is 24.4 Å². The number of amides is 1. The maximum absolute atomic E-state index is 13.9. The third-order valence-corrected chi connectivity index (χ3v) is 5.50. The van der Waals surface area contributed by atoms with Crippen LogP contribution in [0.3, 0.4) is 0 Å². The molecule has 1 aromatic carbocycles. The Morgan fingerprint density at radius 2 is 1.87 bits per heavy atom. The van der Waals surface area contributed by atoms with Crippen molar-refractivity contribution in [1.29, 1.82) is 0 Å². The van der Waals surface area contributed by atoms with Gasteiger partial charge in [0.15, 0.2) is 11.6 Å². The van der Waals surface area contributed by atoms with Crippen LogP contribution in [0.2, 0.25) is 0 Å². The van der Waals surface area contributed by atoms with Gasteiger partial charge in [-0.25, -0.2) is 13.2 Å². The van der Waals surface area contributed by atoms with Crippen LogP contribution in [0.1, 0.15) is 43.0 Å². The molecule has 31 heavy (non-hydrogen) atoms. The molecule has 1 aliphatic carbocycles. The van der Waals surface area contributed by atoms with Gasteiger partial charge in [-0.3, -0.25) is 9.78 Å². The summed E-state index contributed by atoms with van der Waals surface area (Å²) in [5, 5.41) is 6.05. The molecular formula is C21H24F5N3O2. The number of ether oxygens (including phenoxy) is 1. The van der Waals surface area contributed by atoms with Crippen molar-refractivity contribution in [1.82, 2.24) is 15.6 Å². The molecule has 1 aromatic heterocycles. The van der Waals surface area contributed by atoms with Gasteiger partial charge in [-0.2, -0.15) is 8.78 Å². The monoisotopic (exact) mass is 445 g/mol. The minimum absolute atomic E-state index is 0.0504. The molecule has 3 rings (SSSR count). The van der Waals surface area contributed by atoms with Crippen molar-refractivity contribution in [3.63, 3.8) is 0 Å².